The lowest BCUT2D eigenvalue weighted by atomic mass is 10.2. The van der Waals surface area contributed by atoms with Gasteiger partial charge in [-0.15, -0.1) is 0 Å². The first-order valence-corrected chi connectivity index (χ1v) is 4.34. The summed E-state index contributed by atoms with van der Waals surface area (Å²) in [5, 5.41) is 7.13. The highest BCUT2D eigenvalue weighted by molar-refractivity contribution is 5.61. The highest BCUT2D eigenvalue weighted by Gasteiger charge is 2.07. The molecule has 2 rings (SSSR count). The normalized spacial score (nSPS) is 14.5. The largest absolute Gasteiger partial charge is 0.257 e. The molecule has 1 aromatic rings. The number of hydrogen-bond donors (Lipinski definition) is 0. The van der Waals surface area contributed by atoms with Crippen LogP contribution in [-0.4, -0.2) is 0 Å². The second-order valence-electron chi connectivity index (χ2n) is 3.04. The van der Waals surface area contributed by atoms with Crippen LogP contribution in [0.1, 0.15) is 20.3 Å². The molecule has 0 atom stereocenters. The Hall–Kier alpha value is -1.24. The van der Waals surface area contributed by atoms with E-state index in [0.29, 0.717) is 0 Å². The predicted octanol–water partition coefficient (Wildman–Crippen LogP) is 0.951. The summed E-state index contributed by atoms with van der Waals surface area (Å²) in [4.78, 5) is 0. The third-order valence-corrected chi connectivity index (χ3v) is 2.27. The molecule has 1 heteroatoms. The maximum absolute atomic E-state index is 4.51. The maximum Gasteiger partial charge on any atom is 0.0483 e. The van der Waals surface area contributed by atoms with Crippen molar-refractivity contribution in [2.45, 2.75) is 20.3 Å². The van der Waals surface area contributed by atoms with Crippen LogP contribution in [0.3, 0.4) is 0 Å². The van der Waals surface area contributed by atoms with E-state index in [0.717, 1.165) is 12.1 Å². The van der Waals surface area contributed by atoms with Crippen LogP contribution in [0.2, 0.25) is 0 Å². The molecular formula is C11H12N. The van der Waals surface area contributed by atoms with E-state index in [9.17, 15) is 0 Å². The Morgan fingerprint density at radius 2 is 1.83 bits per heavy atom. The van der Waals surface area contributed by atoms with Gasteiger partial charge in [0.05, 0.1) is 0 Å². The van der Waals surface area contributed by atoms with Gasteiger partial charge in [-0.25, -0.2) is 0 Å². The van der Waals surface area contributed by atoms with Gasteiger partial charge in [-0.05, 0) is 13.3 Å². The zero-order chi connectivity index (χ0) is 8.55. The molecule has 0 saturated heterocycles. The number of fused-ring (bicyclic) bond motifs is 1. The SMILES string of the molecule is CCC1=c2ccccc2=C(C)[N]1. The van der Waals surface area contributed by atoms with Gasteiger partial charge in [0.1, 0.15) is 0 Å². The van der Waals surface area contributed by atoms with E-state index in [-0.39, 0.29) is 0 Å². The fraction of sp³-hybridized carbons (Fsp3) is 0.273. The fourth-order valence-corrected chi connectivity index (χ4v) is 1.64. The average Bonchev–Trinajstić information content (AvgIpc) is 2.44. The monoisotopic (exact) mass is 158 g/mol. The molecule has 0 bridgehead atoms. The Balaban J connectivity index is 2.84. The lowest BCUT2D eigenvalue weighted by Gasteiger charge is -1.96. The van der Waals surface area contributed by atoms with Crippen LogP contribution in [-0.2, 0) is 0 Å². The van der Waals surface area contributed by atoms with Gasteiger partial charge in [-0.2, -0.15) is 0 Å². The fourth-order valence-electron chi connectivity index (χ4n) is 1.64. The standard InChI is InChI=1S/C11H12N/c1-3-11-10-7-5-4-6-9(10)8(2)12-11/h4-7H,3H2,1-2H3. The summed E-state index contributed by atoms with van der Waals surface area (Å²) in [5.74, 6) is 0. The Labute approximate surface area is 72.4 Å². The molecule has 1 aromatic carbocycles. The van der Waals surface area contributed by atoms with Gasteiger partial charge >= 0.3 is 0 Å². The number of nitrogens with zero attached hydrogens (tertiary/aromatic N) is 1. The molecule has 0 aromatic heterocycles. The summed E-state index contributed by atoms with van der Waals surface area (Å²) in [6.45, 7) is 4.22. The van der Waals surface area contributed by atoms with Crippen LogP contribution in [0.4, 0.5) is 0 Å². The first-order valence-electron chi connectivity index (χ1n) is 4.34. The summed E-state index contributed by atoms with van der Waals surface area (Å²) >= 11 is 0. The summed E-state index contributed by atoms with van der Waals surface area (Å²) in [6, 6.07) is 8.42. The average molecular weight is 158 g/mol. The third-order valence-electron chi connectivity index (χ3n) is 2.27. The van der Waals surface area contributed by atoms with E-state index in [1.54, 1.807) is 0 Å². The van der Waals surface area contributed by atoms with Gasteiger partial charge in [-0.1, -0.05) is 31.2 Å². The number of hydrogen-bond acceptors (Lipinski definition) is 0. The third kappa shape index (κ3) is 0.934. The van der Waals surface area contributed by atoms with Gasteiger partial charge in [0.15, 0.2) is 0 Å². The molecule has 1 heterocycles. The predicted molar refractivity (Wildman–Crippen MR) is 50.6 cm³/mol. The summed E-state index contributed by atoms with van der Waals surface area (Å²) < 4.78 is 0. The molecule has 0 saturated carbocycles. The van der Waals surface area contributed by atoms with E-state index < -0.39 is 0 Å². The van der Waals surface area contributed by atoms with Crippen molar-refractivity contribution >= 4 is 11.4 Å². The van der Waals surface area contributed by atoms with E-state index in [4.69, 9.17) is 0 Å². The Morgan fingerprint density at radius 3 is 2.50 bits per heavy atom. The van der Waals surface area contributed by atoms with E-state index in [1.165, 1.54) is 16.1 Å². The lowest BCUT2D eigenvalue weighted by Crippen LogP contribution is -2.22. The van der Waals surface area contributed by atoms with Crippen molar-refractivity contribution in [3.63, 3.8) is 0 Å². The van der Waals surface area contributed by atoms with Crippen molar-refractivity contribution in [3.8, 4) is 0 Å². The summed E-state index contributed by atoms with van der Waals surface area (Å²) in [6.07, 6.45) is 1.02. The van der Waals surface area contributed by atoms with Crippen molar-refractivity contribution in [3.05, 3.63) is 34.7 Å². The van der Waals surface area contributed by atoms with Crippen molar-refractivity contribution in [2.75, 3.05) is 0 Å². The highest BCUT2D eigenvalue weighted by Crippen LogP contribution is 2.04. The van der Waals surface area contributed by atoms with Gasteiger partial charge in [0.25, 0.3) is 0 Å². The first-order chi connectivity index (χ1) is 5.83. The van der Waals surface area contributed by atoms with Crippen LogP contribution < -0.4 is 15.8 Å². The molecule has 0 spiro atoms. The Bertz CT molecular complexity index is 415. The van der Waals surface area contributed by atoms with Crippen molar-refractivity contribution in [2.24, 2.45) is 0 Å². The van der Waals surface area contributed by atoms with Crippen molar-refractivity contribution < 1.29 is 0 Å². The van der Waals surface area contributed by atoms with Gasteiger partial charge < -0.3 is 0 Å². The van der Waals surface area contributed by atoms with Crippen LogP contribution in [0.15, 0.2) is 24.3 Å². The van der Waals surface area contributed by atoms with Crippen molar-refractivity contribution in [1.82, 2.24) is 5.32 Å². The van der Waals surface area contributed by atoms with Crippen LogP contribution >= 0.6 is 0 Å². The Kier molecular flexibility index (Phi) is 1.65. The molecule has 0 aliphatic carbocycles. The smallest absolute Gasteiger partial charge is 0.0483 e. The molecule has 0 fully saturated rings. The second-order valence-corrected chi connectivity index (χ2v) is 3.04. The minimum atomic E-state index is 1.02. The zero-order valence-electron chi connectivity index (χ0n) is 7.46. The quantitative estimate of drug-likeness (QED) is 0.578. The molecule has 1 nitrogen and oxygen atoms in total. The van der Waals surface area contributed by atoms with E-state index in [2.05, 4.69) is 43.4 Å². The molecule has 1 aliphatic heterocycles. The van der Waals surface area contributed by atoms with Gasteiger partial charge in [-0.3, -0.25) is 5.32 Å². The molecule has 12 heavy (non-hydrogen) atoms. The molecule has 61 valence electrons. The number of rotatable bonds is 1. The molecule has 0 N–H and O–H groups in total. The molecule has 1 radical (unpaired) electrons. The van der Waals surface area contributed by atoms with Crippen molar-refractivity contribution in [1.29, 1.82) is 0 Å². The summed E-state index contributed by atoms with van der Waals surface area (Å²) in [7, 11) is 0. The zero-order valence-corrected chi connectivity index (χ0v) is 7.46. The molecule has 0 unspecified atom stereocenters. The van der Waals surface area contributed by atoms with E-state index >= 15 is 0 Å². The van der Waals surface area contributed by atoms with Crippen LogP contribution in [0.25, 0.3) is 11.4 Å². The first kappa shape index (κ1) is 7.41. The van der Waals surface area contributed by atoms with Crippen LogP contribution in [0.5, 0.6) is 0 Å². The molecule has 1 aliphatic rings. The van der Waals surface area contributed by atoms with Gasteiger partial charge in [0.2, 0.25) is 0 Å². The Morgan fingerprint density at radius 1 is 1.17 bits per heavy atom. The second kappa shape index (κ2) is 2.67. The topological polar surface area (TPSA) is 14.1 Å². The number of benzene rings is 1. The lowest BCUT2D eigenvalue weighted by molar-refractivity contribution is 1.08. The van der Waals surface area contributed by atoms with Crippen LogP contribution in [0, 0.1) is 0 Å². The molecular weight excluding hydrogens is 146 g/mol. The maximum atomic E-state index is 4.51. The summed E-state index contributed by atoms with van der Waals surface area (Å²) in [5.41, 5.74) is 2.38. The molecule has 0 amide bonds. The minimum Gasteiger partial charge on any atom is -0.257 e. The highest BCUT2D eigenvalue weighted by atomic mass is 14.9. The minimum absolute atomic E-state index is 1.02. The van der Waals surface area contributed by atoms with Gasteiger partial charge in [0, 0.05) is 21.8 Å². The van der Waals surface area contributed by atoms with E-state index in [1.807, 2.05) is 0 Å².